The summed E-state index contributed by atoms with van der Waals surface area (Å²) in [6.45, 7) is 2.67. The standard InChI is InChI=1S/C9H20O2.C7H16O2S2/c1-2-3-4-5-6-7-9(11)8-10;8-2-6-10-4-1-5-11-7-3-9/h9-11H,2-8H2,1H3;8-9H,1-7H2. The molecular formula is C16H36O4S2. The zero-order valence-electron chi connectivity index (χ0n) is 14.1. The van der Waals surface area contributed by atoms with Gasteiger partial charge in [-0.3, -0.25) is 0 Å². The van der Waals surface area contributed by atoms with Crippen molar-refractivity contribution in [2.75, 3.05) is 42.8 Å². The first-order valence-electron chi connectivity index (χ1n) is 8.39. The van der Waals surface area contributed by atoms with Crippen molar-refractivity contribution in [1.82, 2.24) is 0 Å². The van der Waals surface area contributed by atoms with Gasteiger partial charge < -0.3 is 20.4 Å². The fourth-order valence-electron chi connectivity index (χ4n) is 1.67. The Bertz CT molecular complexity index is 178. The van der Waals surface area contributed by atoms with E-state index >= 15 is 0 Å². The van der Waals surface area contributed by atoms with Gasteiger partial charge in [-0.05, 0) is 24.3 Å². The van der Waals surface area contributed by atoms with Crippen LogP contribution in [0.15, 0.2) is 0 Å². The molecule has 0 bridgehead atoms. The lowest BCUT2D eigenvalue weighted by Crippen LogP contribution is -2.10. The average molecular weight is 357 g/mol. The third-order valence-corrected chi connectivity index (χ3v) is 5.00. The van der Waals surface area contributed by atoms with Gasteiger partial charge in [0.2, 0.25) is 0 Å². The lowest BCUT2D eigenvalue weighted by Gasteiger charge is -2.05. The largest absolute Gasteiger partial charge is 0.396 e. The van der Waals surface area contributed by atoms with Gasteiger partial charge in [-0.15, -0.1) is 0 Å². The van der Waals surface area contributed by atoms with Crippen LogP contribution in [0, 0.1) is 0 Å². The molecule has 0 aliphatic carbocycles. The van der Waals surface area contributed by atoms with Gasteiger partial charge in [0.1, 0.15) is 0 Å². The molecule has 22 heavy (non-hydrogen) atoms. The Morgan fingerprint density at radius 2 is 1.27 bits per heavy atom. The van der Waals surface area contributed by atoms with E-state index in [4.69, 9.17) is 20.4 Å². The summed E-state index contributed by atoms with van der Waals surface area (Å²) in [6.07, 6.45) is 7.46. The second kappa shape index (κ2) is 23.8. The van der Waals surface area contributed by atoms with Crippen LogP contribution in [0.25, 0.3) is 0 Å². The lowest BCUT2D eigenvalue weighted by atomic mass is 10.1. The molecule has 0 heterocycles. The Kier molecular flexibility index (Phi) is 26.8. The highest BCUT2D eigenvalue weighted by atomic mass is 32.2. The van der Waals surface area contributed by atoms with Crippen molar-refractivity contribution in [3.05, 3.63) is 0 Å². The van der Waals surface area contributed by atoms with Crippen molar-refractivity contribution < 1.29 is 20.4 Å². The van der Waals surface area contributed by atoms with Crippen LogP contribution in [0.5, 0.6) is 0 Å². The summed E-state index contributed by atoms with van der Waals surface area (Å²) >= 11 is 3.57. The van der Waals surface area contributed by atoms with Crippen molar-refractivity contribution in [3.63, 3.8) is 0 Å². The molecule has 6 heteroatoms. The van der Waals surface area contributed by atoms with Crippen molar-refractivity contribution in [2.24, 2.45) is 0 Å². The van der Waals surface area contributed by atoms with E-state index in [2.05, 4.69) is 6.92 Å². The predicted molar refractivity (Wildman–Crippen MR) is 99.9 cm³/mol. The Hall–Kier alpha value is 0.540. The van der Waals surface area contributed by atoms with Crippen LogP contribution in [-0.4, -0.2) is 69.4 Å². The maximum Gasteiger partial charge on any atom is 0.0770 e. The molecule has 0 amide bonds. The summed E-state index contributed by atoms with van der Waals surface area (Å²) in [4.78, 5) is 0. The summed E-state index contributed by atoms with van der Waals surface area (Å²) in [5, 5.41) is 34.3. The minimum atomic E-state index is -0.489. The van der Waals surface area contributed by atoms with Gasteiger partial charge in [0.05, 0.1) is 25.9 Å². The van der Waals surface area contributed by atoms with Crippen LogP contribution in [0.2, 0.25) is 0 Å². The van der Waals surface area contributed by atoms with Crippen molar-refractivity contribution in [3.8, 4) is 0 Å². The molecule has 0 aromatic carbocycles. The molecular weight excluding hydrogens is 320 g/mol. The van der Waals surface area contributed by atoms with Gasteiger partial charge >= 0.3 is 0 Å². The van der Waals surface area contributed by atoms with Gasteiger partial charge in [0.25, 0.3) is 0 Å². The van der Waals surface area contributed by atoms with E-state index in [0.717, 1.165) is 35.9 Å². The Balaban J connectivity index is 0. The number of aliphatic hydroxyl groups excluding tert-OH is 4. The molecule has 0 saturated heterocycles. The molecule has 0 radical (unpaired) electrons. The molecule has 0 fully saturated rings. The van der Waals surface area contributed by atoms with Gasteiger partial charge in [-0.1, -0.05) is 39.0 Å². The van der Waals surface area contributed by atoms with E-state index in [9.17, 15) is 0 Å². The fraction of sp³-hybridized carbons (Fsp3) is 1.00. The quantitative estimate of drug-likeness (QED) is 0.338. The number of unbranched alkanes of at least 4 members (excludes halogenated alkanes) is 4. The van der Waals surface area contributed by atoms with Crippen LogP contribution >= 0.6 is 23.5 Å². The maximum absolute atomic E-state index is 8.96. The minimum Gasteiger partial charge on any atom is -0.396 e. The molecule has 1 unspecified atom stereocenters. The minimum absolute atomic E-state index is 0.0895. The molecule has 0 aromatic heterocycles. The number of aliphatic hydroxyl groups is 4. The molecule has 0 aliphatic heterocycles. The predicted octanol–water partition coefficient (Wildman–Crippen LogP) is 2.53. The summed E-state index contributed by atoms with van der Waals surface area (Å²) < 4.78 is 0. The molecule has 0 aromatic rings. The molecule has 136 valence electrons. The molecule has 1 atom stereocenters. The number of hydrogen-bond donors (Lipinski definition) is 4. The zero-order chi connectivity index (χ0) is 16.9. The summed E-state index contributed by atoms with van der Waals surface area (Å²) in [5.41, 5.74) is 0. The van der Waals surface area contributed by atoms with Gasteiger partial charge in [0, 0.05) is 11.5 Å². The van der Waals surface area contributed by atoms with Crippen LogP contribution in [0.4, 0.5) is 0 Å². The van der Waals surface area contributed by atoms with Crippen LogP contribution in [0.3, 0.4) is 0 Å². The van der Waals surface area contributed by atoms with E-state index in [1.165, 1.54) is 32.1 Å². The topological polar surface area (TPSA) is 80.9 Å². The Morgan fingerprint density at radius 1 is 0.727 bits per heavy atom. The Morgan fingerprint density at radius 3 is 1.73 bits per heavy atom. The second-order valence-electron chi connectivity index (χ2n) is 5.06. The number of thioether (sulfide) groups is 2. The molecule has 4 nitrogen and oxygen atoms in total. The molecule has 0 aliphatic rings. The highest BCUT2D eigenvalue weighted by molar-refractivity contribution is 8.00. The average Bonchev–Trinajstić information content (AvgIpc) is 2.54. The third kappa shape index (κ3) is 25.5. The molecule has 0 rings (SSSR count). The van der Waals surface area contributed by atoms with Gasteiger partial charge in [0.15, 0.2) is 0 Å². The first kappa shape index (κ1) is 24.8. The third-order valence-electron chi connectivity index (χ3n) is 2.90. The van der Waals surface area contributed by atoms with Crippen molar-refractivity contribution >= 4 is 23.5 Å². The van der Waals surface area contributed by atoms with Crippen LogP contribution in [0.1, 0.15) is 51.9 Å². The Labute approximate surface area is 145 Å². The molecule has 4 N–H and O–H groups in total. The SMILES string of the molecule is CCCCCCCC(O)CO.OCCSCCCSCCO. The van der Waals surface area contributed by atoms with Gasteiger partial charge in [-0.2, -0.15) is 23.5 Å². The first-order chi connectivity index (χ1) is 10.7. The van der Waals surface area contributed by atoms with Crippen molar-refractivity contribution in [1.29, 1.82) is 0 Å². The van der Waals surface area contributed by atoms with E-state index in [1.54, 1.807) is 23.5 Å². The normalized spacial score (nSPS) is 11.9. The summed E-state index contributed by atoms with van der Waals surface area (Å²) in [7, 11) is 0. The smallest absolute Gasteiger partial charge is 0.0770 e. The molecule has 0 spiro atoms. The molecule has 0 saturated carbocycles. The maximum atomic E-state index is 8.96. The summed E-state index contributed by atoms with van der Waals surface area (Å²) in [6, 6.07) is 0. The number of hydrogen-bond acceptors (Lipinski definition) is 6. The van der Waals surface area contributed by atoms with Gasteiger partial charge in [-0.25, -0.2) is 0 Å². The highest BCUT2D eigenvalue weighted by Crippen LogP contribution is 2.07. The van der Waals surface area contributed by atoms with E-state index < -0.39 is 6.10 Å². The fourth-order valence-corrected chi connectivity index (χ4v) is 3.22. The van der Waals surface area contributed by atoms with Crippen molar-refractivity contribution in [2.45, 2.75) is 58.0 Å². The van der Waals surface area contributed by atoms with E-state index in [1.807, 2.05) is 0 Å². The monoisotopic (exact) mass is 356 g/mol. The van der Waals surface area contributed by atoms with E-state index in [-0.39, 0.29) is 19.8 Å². The summed E-state index contributed by atoms with van der Waals surface area (Å²) in [5.74, 6) is 3.95. The zero-order valence-corrected chi connectivity index (χ0v) is 15.7. The lowest BCUT2D eigenvalue weighted by molar-refractivity contribution is 0.0860. The highest BCUT2D eigenvalue weighted by Gasteiger charge is 1.99. The number of rotatable bonds is 15. The van der Waals surface area contributed by atoms with Crippen LogP contribution < -0.4 is 0 Å². The second-order valence-corrected chi connectivity index (χ2v) is 7.51. The first-order valence-corrected chi connectivity index (χ1v) is 10.7. The van der Waals surface area contributed by atoms with Crippen LogP contribution in [-0.2, 0) is 0 Å². The van der Waals surface area contributed by atoms with E-state index in [0.29, 0.717) is 0 Å².